The second-order valence-corrected chi connectivity index (χ2v) is 9.50. The first kappa shape index (κ1) is 24.3. The quantitative estimate of drug-likeness (QED) is 0.619. The normalized spacial score (nSPS) is 16.1. The minimum Gasteiger partial charge on any atom is -0.495 e. The number of ether oxygens (including phenoxy) is 1. The largest absolute Gasteiger partial charge is 0.495 e. The van der Waals surface area contributed by atoms with Crippen LogP contribution in [0.1, 0.15) is 18.4 Å². The first-order chi connectivity index (χ1) is 14.9. The molecule has 2 aromatic rings. The second kappa shape index (κ2) is 9.24. The molecule has 174 valence electrons. The van der Waals surface area contributed by atoms with Gasteiger partial charge in [0.1, 0.15) is 16.5 Å². The van der Waals surface area contributed by atoms with Gasteiger partial charge >= 0.3 is 6.18 Å². The summed E-state index contributed by atoms with van der Waals surface area (Å²) in [5, 5.41) is 2.57. The molecule has 1 N–H and O–H groups in total. The van der Waals surface area contributed by atoms with Crippen LogP contribution in [-0.2, 0) is 21.0 Å². The average molecular weight is 495 g/mol. The average Bonchev–Trinajstić information content (AvgIpc) is 2.74. The molecule has 0 atom stereocenters. The molecule has 6 nitrogen and oxygen atoms in total. The van der Waals surface area contributed by atoms with E-state index < -0.39 is 39.4 Å². The number of amides is 1. The Hall–Kier alpha value is -2.37. The number of nitrogens with zero attached hydrogens (tertiary/aromatic N) is 1. The van der Waals surface area contributed by atoms with Crippen LogP contribution in [0.15, 0.2) is 41.3 Å². The lowest BCUT2D eigenvalue weighted by molar-refractivity contribution is -0.140. The number of rotatable bonds is 5. The maximum atomic E-state index is 13.4. The molecular weight excluding hydrogens is 476 g/mol. The van der Waals surface area contributed by atoms with Crippen LogP contribution < -0.4 is 10.1 Å². The van der Waals surface area contributed by atoms with Crippen LogP contribution in [0.4, 0.5) is 23.2 Å². The molecule has 1 aliphatic rings. The number of piperidine rings is 1. The molecule has 1 heterocycles. The summed E-state index contributed by atoms with van der Waals surface area (Å²) >= 11 is 5.92. The van der Waals surface area contributed by atoms with E-state index in [0.29, 0.717) is 12.1 Å². The van der Waals surface area contributed by atoms with Gasteiger partial charge in [0, 0.05) is 29.7 Å². The molecular formula is C20H19ClF4N2O4S. The monoisotopic (exact) mass is 494 g/mol. The molecule has 0 aromatic heterocycles. The van der Waals surface area contributed by atoms with E-state index in [0.717, 1.165) is 6.07 Å². The van der Waals surface area contributed by atoms with Crippen LogP contribution >= 0.6 is 11.6 Å². The van der Waals surface area contributed by atoms with Crippen molar-refractivity contribution >= 4 is 33.2 Å². The number of methoxy groups -OCH3 is 1. The third-order valence-electron chi connectivity index (χ3n) is 5.11. The van der Waals surface area contributed by atoms with Crippen LogP contribution in [0.2, 0.25) is 5.02 Å². The number of anilines is 1. The highest BCUT2D eigenvalue weighted by Gasteiger charge is 2.36. The smallest absolute Gasteiger partial charge is 0.419 e. The Morgan fingerprint density at radius 3 is 2.41 bits per heavy atom. The molecule has 1 aliphatic heterocycles. The first-order valence-corrected chi connectivity index (χ1v) is 11.3. The predicted molar refractivity (Wildman–Crippen MR) is 110 cm³/mol. The number of sulfonamides is 1. The summed E-state index contributed by atoms with van der Waals surface area (Å²) in [6.45, 7) is 0.0423. The molecule has 12 heteroatoms. The first-order valence-electron chi connectivity index (χ1n) is 9.45. The van der Waals surface area contributed by atoms with E-state index in [9.17, 15) is 30.8 Å². The van der Waals surface area contributed by atoms with Crippen molar-refractivity contribution in [3.8, 4) is 5.75 Å². The lowest BCUT2D eigenvalue weighted by atomic mass is 9.97. The summed E-state index contributed by atoms with van der Waals surface area (Å²) < 4.78 is 84.3. The summed E-state index contributed by atoms with van der Waals surface area (Å²) in [5.74, 6) is -2.50. The number of hydrogen-bond acceptors (Lipinski definition) is 4. The van der Waals surface area contributed by atoms with Crippen LogP contribution in [-0.4, -0.2) is 38.8 Å². The zero-order chi connectivity index (χ0) is 23.7. The molecule has 0 bridgehead atoms. The Morgan fingerprint density at radius 1 is 1.16 bits per heavy atom. The number of nitrogens with one attached hydrogen (secondary N) is 1. The van der Waals surface area contributed by atoms with Crippen molar-refractivity contribution < 1.29 is 35.5 Å². The second-order valence-electron chi connectivity index (χ2n) is 7.16. The highest BCUT2D eigenvalue weighted by molar-refractivity contribution is 7.89. The van der Waals surface area contributed by atoms with Crippen molar-refractivity contribution in [3.63, 3.8) is 0 Å². The van der Waals surface area contributed by atoms with Gasteiger partial charge in [-0.05, 0) is 49.2 Å². The molecule has 3 rings (SSSR count). The van der Waals surface area contributed by atoms with Gasteiger partial charge in [-0.15, -0.1) is 0 Å². The number of carbonyl (C=O) groups excluding carboxylic acids is 1. The molecule has 2 aromatic carbocycles. The highest BCUT2D eigenvalue weighted by atomic mass is 35.5. The lowest BCUT2D eigenvalue weighted by Gasteiger charge is -2.31. The Morgan fingerprint density at radius 2 is 1.81 bits per heavy atom. The van der Waals surface area contributed by atoms with Crippen LogP contribution in [0.5, 0.6) is 5.75 Å². The molecule has 0 unspecified atom stereocenters. The summed E-state index contributed by atoms with van der Waals surface area (Å²) in [4.78, 5) is 12.4. The number of alkyl halides is 3. The molecule has 32 heavy (non-hydrogen) atoms. The molecule has 0 radical (unpaired) electrons. The van der Waals surface area contributed by atoms with Gasteiger partial charge in [0.05, 0.1) is 12.7 Å². The van der Waals surface area contributed by atoms with Gasteiger partial charge in [-0.2, -0.15) is 17.5 Å². The van der Waals surface area contributed by atoms with Crippen LogP contribution in [0.3, 0.4) is 0 Å². The fraction of sp³-hybridized carbons (Fsp3) is 0.350. The Labute approximate surface area is 187 Å². The van der Waals surface area contributed by atoms with Gasteiger partial charge in [-0.25, -0.2) is 12.8 Å². The van der Waals surface area contributed by atoms with Crippen molar-refractivity contribution in [1.82, 2.24) is 4.31 Å². The lowest BCUT2D eigenvalue weighted by Crippen LogP contribution is -2.41. The fourth-order valence-electron chi connectivity index (χ4n) is 3.41. The zero-order valence-electron chi connectivity index (χ0n) is 16.7. The van der Waals surface area contributed by atoms with Crippen molar-refractivity contribution in [2.45, 2.75) is 23.9 Å². The van der Waals surface area contributed by atoms with Gasteiger partial charge < -0.3 is 10.1 Å². The topological polar surface area (TPSA) is 75.7 Å². The number of benzene rings is 2. The molecule has 1 fully saturated rings. The third kappa shape index (κ3) is 5.16. The molecule has 0 spiro atoms. The van der Waals surface area contributed by atoms with E-state index in [1.807, 2.05) is 0 Å². The molecule has 0 saturated carbocycles. The van der Waals surface area contributed by atoms with Gasteiger partial charge in [0.15, 0.2) is 0 Å². The standard InChI is InChI=1S/C20H19ClF4N2O4S/c1-31-17-5-2-13(21)10-18(17)32(29,30)27-8-6-12(7-9-27)19(28)26-14-3-4-16(22)15(11-14)20(23,24)25/h2-5,10-12H,6-9H2,1H3,(H,26,28). The van der Waals surface area contributed by atoms with E-state index >= 15 is 0 Å². The number of hydrogen-bond donors (Lipinski definition) is 1. The SMILES string of the molecule is COc1ccc(Cl)cc1S(=O)(=O)N1CCC(C(=O)Nc2ccc(F)c(C(F)(F)F)c2)CC1. The van der Waals surface area contributed by atoms with Crippen molar-refractivity contribution in [2.75, 3.05) is 25.5 Å². The van der Waals surface area contributed by atoms with E-state index in [1.54, 1.807) is 0 Å². The van der Waals surface area contributed by atoms with Crippen molar-refractivity contribution in [1.29, 1.82) is 0 Å². The van der Waals surface area contributed by atoms with Gasteiger partial charge in [-0.3, -0.25) is 4.79 Å². The number of halogens is 5. The molecule has 0 aliphatic carbocycles. The summed E-state index contributed by atoms with van der Waals surface area (Å²) in [6.07, 6.45) is -4.59. The van der Waals surface area contributed by atoms with Crippen LogP contribution in [0.25, 0.3) is 0 Å². The maximum Gasteiger partial charge on any atom is 0.419 e. The summed E-state index contributed by atoms with van der Waals surface area (Å²) in [5.41, 5.74) is -1.67. The zero-order valence-corrected chi connectivity index (χ0v) is 18.3. The summed E-state index contributed by atoms with van der Waals surface area (Å²) in [7, 11) is -2.60. The highest BCUT2D eigenvalue weighted by Crippen LogP contribution is 2.34. The molecule has 1 saturated heterocycles. The third-order valence-corrected chi connectivity index (χ3v) is 7.26. The minimum absolute atomic E-state index is 0.0211. The Bertz CT molecular complexity index is 1120. The van der Waals surface area contributed by atoms with E-state index in [-0.39, 0.29) is 47.3 Å². The maximum absolute atomic E-state index is 13.4. The summed E-state index contributed by atoms with van der Waals surface area (Å²) in [6, 6.07) is 6.40. The fourth-order valence-corrected chi connectivity index (χ4v) is 5.30. The van der Waals surface area contributed by atoms with E-state index in [1.165, 1.54) is 29.6 Å². The predicted octanol–water partition coefficient (Wildman–Crippen LogP) is 4.55. The van der Waals surface area contributed by atoms with Crippen LogP contribution in [0, 0.1) is 11.7 Å². The van der Waals surface area contributed by atoms with E-state index in [2.05, 4.69) is 5.32 Å². The van der Waals surface area contributed by atoms with Gasteiger partial charge in [0.2, 0.25) is 15.9 Å². The molecule has 1 amide bonds. The minimum atomic E-state index is -4.90. The van der Waals surface area contributed by atoms with Crippen molar-refractivity contribution in [3.05, 3.63) is 52.8 Å². The van der Waals surface area contributed by atoms with Crippen molar-refractivity contribution in [2.24, 2.45) is 5.92 Å². The Kier molecular flexibility index (Phi) is 7.01. The van der Waals surface area contributed by atoms with Gasteiger partial charge in [0.25, 0.3) is 0 Å². The van der Waals surface area contributed by atoms with Gasteiger partial charge in [-0.1, -0.05) is 11.6 Å². The number of carbonyl (C=O) groups is 1. The van der Waals surface area contributed by atoms with E-state index in [4.69, 9.17) is 16.3 Å². The Balaban J connectivity index is 1.68.